The van der Waals surface area contributed by atoms with Gasteiger partial charge >= 0.3 is 5.97 Å². The third-order valence-electron chi connectivity index (χ3n) is 4.21. The minimum Gasteiger partial charge on any atom is -0.481 e. The van der Waals surface area contributed by atoms with Crippen LogP contribution in [0.2, 0.25) is 0 Å². The summed E-state index contributed by atoms with van der Waals surface area (Å²) in [7, 11) is 0. The summed E-state index contributed by atoms with van der Waals surface area (Å²) in [4.78, 5) is 22.8. The number of nitrogens with one attached hydrogen (secondary N) is 1. The fraction of sp³-hybridized carbons (Fsp3) is 0.846. The molecule has 0 saturated heterocycles. The number of amides is 1. The van der Waals surface area contributed by atoms with Crippen LogP contribution in [0.25, 0.3) is 0 Å². The fourth-order valence-corrected chi connectivity index (χ4v) is 2.98. The van der Waals surface area contributed by atoms with Crippen LogP contribution in [-0.2, 0) is 9.59 Å². The standard InChI is InChI=1S/C13H21NO3/c1-8-3-2-4-9(7-8)14-12(15)10-5-6-11(10)13(16)17/h8-11H,2-7H2,1H3,(H,14,15)(H,16,17). The molecule has 4 unspecified atom stereocenters. The Labute approximate surface area is 102 Å². The maximum atomic E-state index is 11.9. The molecule has 17 heavy (non-hydrogen) atoms. The van der Waals surface area contributed by atoms with Crippen molar-refractivity contribution in [3.8, 4) is 0 Å². The van der Waals surface area contributed by atoms with Crippen molar-refractivity contribution in [1.29, 1.82) is 0 Å². The van der Waals surface area contributed by atoms with Gasteiger partial charge in [0.15, 0.2) is 0 Å². The van der Waals surface area contributed by atoms with Gasteiger partial charge in [-0.3, -0.25) is 9.59 Å². The summed E-state index contributed by atoms with van der Waals surface area (Å²) >= 11 is 0. The van der Waals surface area contributed by atoms with E-state index in [9.17, 15) is 9.59 Å². The minimum absolute atomic E-state index is 0.0391. The van der Waals surface area contributed by atoms with Gasteiger partial charge in [0.05, 0.1) is 11.8 Å². The Morgan fingerprint density at radius 1 is 1.12 bits per heavy atom. The number of aliphatic carboxylic acids is 1. The van der Waals surface area contributed by atoms with Gasteiger partial charge in [-0.1, -0.05) is 19.8 Å². The van der Waals surface area contributed by atoms with Crippen LogP contribution in [0, 0.1) is 17.8 Å². The molecule has 0 spiro atoms. The van der Waals surface area contributed by atoms with E-state index >= 15 is 0 Å². The molecule has 96 valence electrons. The normalized spacial score (nSPS) is 37.0. The molecule has 0 radical (unpaired) electrons. The Balaban J connectivity index is 1.82. The average Bonchev–Trinajstić information content (AvgIpc) is 2.13. The third kappa shape index (κ3) is 2.79. The van der Waals surface area contributed by atoms with Crippen LogP contribution >= 0.6 is 0 Å². The van der Waals surface area contributed by atoms with Crippen LogP contribution in [0.1, 0.15) is 45.4 Å². The second-order valence-corrected chi connectivity index (χ2v) is 5.61. The van der Waals surface area contributed by atoms with Crippen molar-refractivity contribution in [3.63, 3.8) is 0 Å². The van der Waals surface area contributed by atoms with Crippen LogP contribution in [0.3, 0.4) is 0 Å². The zero-order valence-corrected chi connectivity index (χ0v) is 10.3. The summed E-state index contributed by atoms with van der Waals surface area (Å²) in [5.41, 5.74) is 0. The number of carboxylic acids is 1. The van der Waals surface area contributed by atoms with Crippen LogP contribution in [-0.4, -0.2) is 23.0 Å². The summed E-state index contributed by atoms with van der Waals surface area (Å²) < 4.78 is 0. The first-order valence-corrected chi connectivity index (χ1v) is 6.61. The highest BCUT2D eigenvalue weighted by Crippen LogP contribution is 2.35. The quantitative estimate of drug-likeness (QED) is 0.789. The van der Waals surface area contributed by atoms with E-state index < -0.39 is 11.9 Å². The van der Waals surface area contributed by atoms with Crippen LogP contribution in [0.15, 0.2) is 0 Å². The lowest BCUT2D eigenvalue weighted by atomic mass is 9.73. The summed E-state index contributed by atoms with van der Waals surface area (Å²) in [6, 6.07) is 0.265. The number of carbonyl (C=O) groups excluding carboxylic acids is 1. The van der Waals surface area contributed by atoms with Crippen molar-refractivity contribution < 1.29 is 14.7 Å². The van der Waals surface area contributed by atoms with Crippen molar-refractivity contribution in [2.75, 3.05) is 0 Å². The van der Waals surface area contributed by atoms with Gasteiger partial charge in [0.25, 0.3) is 0 Å². The van der Waals surface area contributed by atoms with Crippen molar-refractivity contribution in [1.82, 2.24) is 5.32 Å². The maximum absolute atomic E-state index is 11.9. The minimum atomic E-state index is -0.826. The summed E-state index contributed by atoms with van der Waals surface area (Å²) in [6.45, 7) is 2.21. The van der Waals surface area contributed by atoms with Gasteiger partial charge in [-0.2, -0.15) is 0 Å². The molecule has 0 aliphatic heterocycles. The highest BCUT2D eigenvalue weighted by atomic mass is 16.4. The lowest BCUT2D eigenvalue weighted by Gasteiger charge is -2.35. The monoisotopic (exact) mass is 239 g/mol. The van der Waals surface area contributed by atoms with Gasteiger partial charge in [0.1, 0.15) is 0 Å². The largest absolute Gasteiger partial charge is 0.481 e. The summed E-state index contributed by atoms with van der Waals surface area (Å²) in [5.74, 6) is -0.928. The molecule has 0 aromatic carbocycles. The molecule has 0 aromatic heterocycles. The topological polar surface area (TPSA) is 66.4 Å². The van der Waals surface area contributed by atoms with E-state index in [0.717, 1.165) is 19.3 Å². The summed E-state index contributed by atoms with van der Waals surface area (Å²) in [6.07, 6.45) is 5.86. The first-order chi connectivity index (χ1) is 8.08. The lowest BCUT2D eigenvalue weighted by Crippen LogP contribution is -2.48. The Hall–Kier alpha value is -1.06. The summed E-state index contributed by atoms with van der Waals surface area (Å²) in [5, 5.41) is 12.0. The molecule has 4 heteroatoms. The lowest BCUT2D eigenvalue weighted by molar-refractivity contribution is -0.153. The smallest absolute Gasteiger partial charge is 0.307 e. The zero-order chi connectivity index (χ0) is 12.4. The predicted molar refractivity (Wildman–Crippen MR) is 63.4 cm³/mol. The van der Waals surface area contributed by atoms with Crippen molar-refractivity contribution >= 4 is 11.9 Å². The van der Waals surface area contributed by atoms with Gasteiger partial charge in [-0.05, 0) is 31.6 Å². The average molecular weight is 239 g/mol. The molecule has 2 N–H and O–H groups in total. The zero-order valence-electron chi connectivity index (χ0n) is 10.3. The number of carboxylic acid groups (broad SMARTS) is 1. The first kappa shape index (κ1) is 12.4. The Morgan fingerprint density at radius 3 is 2.35 bits per heavy atom. The van der Waals surface area contributed by atoms with Gasteiger partial charge in [-0.15, -0.1) is 0 Å². The Morgan fingerprint density at radius 2 is 1.82 bits per heavy atom. The van der Waals surface area contributed by atoms with Gasteiger partial charge < -0.3 is 10.4 Å². The highest BCUT2D eigenvalue weighted by molar-refractivity contribution is 5.86. The molecule has 4 atom stereocenters. The van der Waals surface area contributed by atoms with E-state index in [2.05, 4.69) is 12.2 Å². The molecule has 0 aromatic rings. The van der Waals surface area contributed by atoms with Crippen LogP contribution in [0.4, 0.5) is 0 Å². The Bertz CT molecular complexity index is 316. The third-order valence-corrected chi connectivity index (χ3v) is 4.21. The predicted octanol–water partition coefficient (Wildman–Crippen LogP) is 1.79. The molecular formula is C13H21NO3. The SMILES string of the molecule is CC1CCCC(NC(=O)C2CCC2C(=O)O)C1. The molecule has 2 aliphatic rings. The van der Waals surface area contributed by atoms with Crippen LogP contribution < -0.4 is 5.32 Å². The second-order valence-electron chi connectivity index (χ2n) is 5.61. The fourth-order valence-electron chi connectivity index (χ4n) is 2.98. The van der Waals surface area contributed by atoms with Crippen molar-refractivity contribution in [2.24, 2.45) is 17.8 Å². The van der Waals surface area contributed by atoms with Crippen molar-refractivity contribution in [3.05, 3.63) is 0 Å². The number of carbonyl (C=O) groups is 2. The second kappa shape index (κ2) is 5.07. The maximum Gasteiger partial charge on any atom is 0.307 e. The number of rotatable bonds is 3. The van der Waals surface area contributed by atoms with E-state index in [1.54, 1.807) is 0 Å². The van der Waals surface area contributed by atoms with Gasteiger partial charge in [-0.25, -0.2) is 0 Å². The van der Waals surface area contributed by atoms with Gasteiger partial charge in [0, 0.05) is 6.04 Å². The molecule has 2 rings (SSSR count). The number of hydrogen-bond acceptors (Lipinski definition) is 2. The van der Waals surface area contributed by atoms with Crippen molar-refractivity contribution in [2.45, 2.75) is 51.5 Å². The van der Waals surface area contributed by atoms with Gasteiger partial charge in [0.2, 0.25) is 5.91 Å². The van der Waals surface area contributed by atoms with Crippen LogP contribution in [0.5, 0.6) is 0 Å². The van der Waals surface area contributed by atoms with E-state index in [4.69, 9.17) is 5.11 Å². The number of hydrogen-bond donors (Lipinski definition) is 2. The highest BCUT2D eigenvalue weighted by Gasteiger charge is 2.41. The Kier molecular flexibility index (Phi) is 3.69. The molecule has 4 nitrogen and oxygen atoms in total. The van der Waals surface area contributed by atoms with E-state index in [-0.39, 0.29) is 17.9 Å². The van der Waals surface area contributed by atoms with E-state index in [1.807, 2.05) is 0 Å². The molecule has 1 amide bonds. The molecule has 2 saturated carbocycles. The molecule has 0 bridgehead atoms. The molecule has 2 aliphatic carbocycles. The van der Waals surface area contributed by atoms with E-state index in [1.165, 1.54) is 12.8 Å². The molecule has 0 heterocycles. The molecule has 2 fully saturated rings. The first-order valence-electron chi connectivity index (χ1n) is 6.61. The van der Waals surface area contributed by atoms with E-state index in [0.29, 0.717) is 12.3 Å². The molecular weight excluding hydrogens is 218 g/mol.